The van der Waals surface area contributed by atoms with Crippen LogP contribution in [-0.4, -0.2) is 18.4 Å². The van der Waals surface area contributed by atoms with E-state index in [1.54, 1.807) is 0 Å². The summed E-state index contributed by atoms with van der Waals surface area (Å²) in [6.07, 6.45) is 0.540. The van der Waals surface area contributed by atoms with Crippen LogP contribution in [0.5, 0.6) is 0 Å². The zero-order chi connectivity index (χ0) is 20.8. The molecular weight excluding hydrogens is 422 g/mol. The van der Waals surface area contributed by atoms with Gasteiger partial charge in [-0.3, -0.25) is 9.44 Å². The zero-order valence-electron chi connectivity index (χ0n) is 14.1. The van der Waals surface area contributed by atoms with E-state index in [2.05, 4.69) is 0 Å². The van der Waals surface area contributed by atoms with Gasteiger partial charge in [0, 0.05) is 11.1 Å². The summed E-state index contributed by atoms with van der Waals surface area (Å²) < 4.78 is 45.2. The van der Waals surface area contributed by atoms with Crippen molar-refractivity contribution in [2.24, 2.45) is 0 Å². The van der Waals surface area contributed by atoms with Gasteiger partial charge < -0.3 is 9.94 Å². The van der Waals surface area contributed by atoms with Crippen molar-refractivity contribution >= 4 is 46.3 Å². The highest BCUT2D eigenvalue weighted by Crippen LogP contribution is 2.48. The number of esters is 1. The molecule has 10 heteroatoms. The molecule has 146 valence electrons. The number of quaternary nitrogens is 1. The quantitative estimate of drug-likeness (QED) is 0.220. The second-order valence-corrected chi connectivity index (χ2v) is 6.54. The molecule has 2 aromatic rings. The number of Topliss-reactive ketones (excluding diaryl/α,β-unsaturated/α-hetero) is 1. The molecule has 1 atom stereocenters. The Bertz CT molecular complexity index is 1060. The van der Waals surface area contributed by atoms with Gasteiger partial charge in [0.1, 0.15) is 11.2 Å². The molecule has 0 saturated carbocycles. The SMILES string of the molecule is CCOC(=O)C1=C[N+]([O-])(c2ccc(Cl)cc2F)c2c(cc(F)c(F)c2Cl)C1=O. The topological polar surface area (TPSA) is 66.4 Å². The molecule has 28 heavy (non-hydrogen) atoms. The van der Waals surface area contributed by atoms with E-state index in [-0.39, 0.29) is 11.6 Å². The van der Waals surface area contributed by atoms with Crippen LogP contribution in [0.1, 0.15) is 17.3 Å². The summed E-state index contributed by atoms with van der Waals surface area (Å²) in [6.45, 7) is 1.34. The molecule has 1 heterocycles. The smallest absolute Gasteiger partial charge is 0.347 e. The number of fused-ring (bicyclic) bond motifs is 1. The number of carbonyl (C=O) groups is 2. The van der Waals surface area contributed by atoms with Gasteiger partial charge in [0.15, 0.2) is 34.4 Å². The Balaban J connectivity index is 2.40. The summed E-state index contributed by atoms with van der Waals surface area (Å²) in [5, 5.41) is 12.6. The van der Waals surface area contributed by atoms with Crippen molar-refractivity contribution in [2.75, 3.05) is 6.61 Å². The number of ether oxygens (including phenoxy) is 1. The second kappa shape index (κ2) is 7.21. The first kappa shape index (κ1) is 20.3. The number of hydroxylamine groups is 1. The number of hydrogen-bond acceptors (Lipinski definition) is 4. The predicted octanol–water partition coefficient (Wildman–Crippen LogP) is 5.19. The standard InChI is InChI=1S/C18H10Cl2F3NO4/c1-2-28-18(26)10-7-24(27,13-4-3-8(19)5-11(13)21)16-9(17(10)25)6-12(22)15(23)14(16)20/h3-7H,2H2,1H3. The van der Waals surface area contributed by atoms with Gasteiger partial charge in [-0.2, -0.15) is 0 Å². The molecule has 2 aromatic carbocycles. The van der Waals surface area contributed by atoms with Crippen LogP contribution in [0.25, 0.3) is 0 Å². The summed E-state index contributed by atoms with van der Waals surface area (Å²) in [5.74, 6) is -6.48. The van der Waals surface area contributed by atoms with Crippen molar-refractivity contribution in [2.45, 2.75) is 6.92 Å². The maximum atomic E-state index is 14.5. The fourth-order valence-electron chi connectivity index (χ4n) is 2.83. The molecular formula is C18H10Cl2F3NO4. The van der Waals surface area contributed by atoms with Crippen molar-refractivity contribution in [1.29, 1.82) is 0 Å². The van der Waals surface area contributed by atoms with E-state index in [1.165, 1.54) is 13.0 Å². The molecule has 0 aliphatic carbocycles. The number of ketones is 1. The Hall–Kier alpha value is -2.39. The summed E-state index contributed by atoms with van der Waals surface area (Å²) in [4.78, 5) is 24.8. The van der Waals surface area contributed by atoms with Crippen molar-refractivity contribution < 1.29 is 27.5 Å². The average molecular weight is 432 g/mol. The predicted molar refractivity (Wildman–Crippen MR) is 96.6 cm³/mol. The van der Waals surface area contributed by atoms with Crippen LogP contribution >= 0.6 is 23.2 Å². The van der Waals surface area contributed by atoms with Crippen LogP contribution in [0.4, 0.5) is 24.5 Å². The summed E-state index contributed by atoms with van der Waals surface area (Å²) in [5.41, 5.74) is -2.85. The van der Waals surface area contributed by atoms with Gasteiger partial charge in [-0.15, -0.1) is 0 Å². The van der Waals surface area contributed by atoms with Gasteiger partial charge in [-0.25, -0.2) is 18.0 Å². The highest BCUT2D eigenvalue weighted by atomic mass is 35.5. The van der Waals surface area contributed by atoms with Gasteiger partial charge in [0.2, 0.25) is 5.78 Å². The highest BCUT2D eigenvalue weighted by Gasteiger charge is 2.43. The lowest BCUT2D eigenvalue weighted by Crippen LogP contribution is -2.40. The van der Waals surface area contributed by atoms with Gasteiger partial charge in [-0.1, -0.05) is 23.2 Å². The van der Waals surface area contributed by atoms with Crippen LogP contribution in [0, 0.1) is 22.7 Å². The first-order valence-corrected chi connectivity index (χ1v) is 8.55. The van der Waals surface area contributed by atoms with Crippen LogP contribution < -0.4 is 4.65 Å². The molecule has 1 aliphatic rings. The lowest BCUT2D eigenvalue weighted by Gasteiger charge is -2.41. The monoisotopic (exact) mass is 431 g/mol. The minimum atomic E-state index is -1.96. The van der Waals surface area contributed by atoms with E-state index in [4.69, 9.17) is 27.9 Å². The van der Waals surface area contributed by atoms with E-state index in [0.717, 1.165) is 12.1 Å². The number of nitrogens with zero attached hydrogens (tertiary/aromatic N) is 1. The third-order valence-electron chi connectivity index (χ3n) is 4.03. The maximum Gasteiger partial charge on any atom is 0.347 e. The number of halogens is 5. The van der Waals surface area contributed by atoms with Crippen molar-refractivity contribution in [3.63, 3.8) is 0 Å². The van der Waals surface area contributed by atoms with Crippen molar-refractivity contribution in [1.82, 2.24) is 4.65 Å². The molecule has 0 bridgehead atoms. The van der Waals surface area contributed by atoms with Gasteiger partial charge in [0.05, 0.1) is 12.2 Å². The summed E-state index contributed by atoms with van der Waals surface area (Å²) >= 11 is 11.5. The van der Waals surface area contributed by atoms with Crippen LogP contribution in [0.15, 0.2) is 36.0 Å². The first-order chi connectivity index (χ1) is 13.1. The fraction of sp³-hybridized carbons (Fsp3) is 0.111. The lowest BCUT2D eigenvalue weighted by atomic mass is 9.96. The van der Waals surface area contributed by atoms with E-state index in [1.807, 2.05) is 0 Å². The molecule has 1 unspecified atom stereocenters. The van der Waals surface area contributed by atoms with Crippen LogP contribution in [-0.2, 0) is 9.53 Å². The number of benzene rings is 2. The third kappa shape index (κ3) is 3.08. The molecule has 0 saturated heterocycles. The molecule has 0 spiro atoms. The van der Waals surface area contributed by atoms with Crippen LogP contribution in [0.3, 0.4) is 0 Å². The summed E-state index contributed by atoms with van der Waals surface area (Å²) in [7, 11) is 0. The molecule has 0 fully saturated rings. The lowest BCUT2D eigenvalue weighted by molar-refractivity contribution is -0.138. The van der Waals surface area contributed by atoms with E-state index in [9.17, 15) is 28.0 Å². The Morgan fingerprint density at radius 3 is 2.46 bits per heavy atom. The Morgan fingerprint density at radius 1 is 1.18 bits per heavy atom. The number of hydrogen-bond donors (Lipinski definition) is 0. The second-order valence-electron chi connectivity index (χ2n) is 5.73. The first-order valence-electron chi connectivity index (χ1n) is 7.80. The minimum Gasteiger partial charge on any atom is -0.617 e. The molecule has 5 nitrogen and oxygen atoms in total. The molecule has 0 aromatic heterocycles. The molecule has 0 radical (unpaired) electrons. The van der Waals surface area contributed by atoms with E-state index >= 15 is 0 Å². The molecule has 0 N–H and O–H groups in total. The number of rotatable bonds is 3. The molecule has 3 rings (SSSR count). The fourth-order valence-corrected chi connectivity index (χ4v) is 3.30. The van der Waals surface area contributed by atoms with Crippen molar-refractivity contribution in [3.05, 3.63) is 74.3 Å². The van der Waals surface area contributed by atoms with E-state index < -0.39 is 61.4 Å². The van der Waals surface area contributed by atoms with Gasteiger partial charge >= 0.3 is 5.97 Å². The average Bonchev–Trinajstić information content (AvgIpc) is 2.62. The largest absolute Gasteiger partial charge is 0.617 e. The zero-order valence-corrected chi connectivity index (χ0v) is 15.6. The normalized spacial score (nSPS) is 18.5. The maximum absolute atomic E-state index is 14.5. The molecule has 1 aliphatic heterocycles. The Labute approximate surface area is 166 Å². The highest BCUT2D eigenvalue weighted by molar-refractivity contribution is 6.36. The Kier molecular flexibility index (Phi) is 5.24. The van der Waals surface area contributed by atoms with Gasteiger partial charge in [-0.05, 0) is 25.1 Å². The van der Waals surface area contributed by atoms with Crippen LogP contribution in [0.2, 0.25) is 10.0 Å². The summed E-state index contributed by atoms with van der Waals surface area (Å²) in [6, 6.07) is 3.42. The third-order valence-corrected chi connectivity index (χ3v) is 4.61. The van der Waals surface area contributed by atoms with Crippen molar-refractivity contribution in [3.8, 4) is 0 Å². The Morgan fingerprint density at radius 2 is 1.86 bits per heavy atom. The number of carbonyl (C=O) groups excluding carboxylic acids is 2. The minimum absolute atomic E-state index is 0.0351. The van der Waals surface area contributed by atoms with Gasteiger partial charge in [0.25, 0.3) is 0 Å². The molecule has 0 amide bonds. The van der Waals surface area contributed by atoms with E-state index in [0.29, 0.717) is 12.3 Å².